The molecule has 1 unspecified atom stereocenters. The predicted octanol–water partition coefficient (Wildman–Crippen LogP) is 1.75. The maximum Gasteiger partial charge on any atom is 0.236 e. The van der Waals surface area contributed by atoms with Crippen LogP contribution in [0.1, 0.15) is 13.8 Å². The van der Waals surface area contributed by atoms with E-state index in [0.29, 0.717) is 11.4 Å². The number of halogens is 1. The molecule has 1 atom stereocenters. The number of anilines is 2. The molecule has 0 fully saturated rings. The van der Waals surface area contributed by atoms with Crippen LogP contribution >= 0.6 is 0 Å². The smallest absolute Gasteiger partial charge is 0.236 e. The van der Waals surface area contributed by atoms with E-state index in [1.54, 1.807) is 0 Å². The topological polar surface area (TPSA) is 72.2 Å². The Bertz CT molecular complexity index is 463. The lowest BCUT2D eigenvalue weighted by molar-refractivity contribution is -0.113. The van der Waals surface area contributed by atoms with Gasteiger partial charge in [-0.15, -0.1) is 0 Å². The van der Waals surface area contributed by atoms with Crippen LogP contribution in [0.25, 0.3) is 0 Å². The van der Waals surface area contributed by atoms with Gasteiger partial charge >= 0.3 is 0 Å². The second-order valence-electron chi connectivity index (χ2n) is 4.43. The largest absolute Gasteiger partial charge is 0.396 e. The standard InChI is InChI=1S/C12H17FN2O2S/c1-8(2)6-18(17)7-12(16)15-9-3-4-10(13)11(14)5-9/h3-5,8H,6-7,14H2,1-2H3,(H,15,16). The molecule has 0 radical (unpaired) electrons. The summed E-state index contributed by atoms with van der Waals surface area (Å²) in [5.41, 5.74) is 5.75. The van der Waals surface area contributed by atoms with Gasteiger partial charge in [0.05, 0.1) is 5.69 Å². The van der Waals surface area contributed by atoms with Crippen molar-refractivity contribution in [2.45, 2.75) is 13.8 Å². The SMILES string of the molecule is CC(C)CS(=O)CC(=O)Nc1ccc(F)c(N)c1. The number of amides is 1. The fourth-order valence-electron chi connectivity index (χ4n) is 1.40. The lowest BCUT2D eigenvalue weighted by Gasteiger charge is -2.07. The third-order valence-corrected chi connectivity index (χ3v) is 3.71. The van der Waals surface area contributed by atoms with Crippen molar-refractivity contribution in [3.8, 4) is 0 Å². The van der Waals surface area contributed by atoms with Gasteiger partial charge in [0.25, 0.3) is 0 Å². The van der Waals surface area contributed by atoms with Crippen molar-refractivity contribution in [1.82, 2.24) is 0 Å². The lowest BCUT2D eigenvalue weighted by Crippen LogP contribution is -2.22. The van der Waals surface area contributed by atoms with Gasteiger partial charge in [0.15, 0.2) is 0 Å². The van der Waals surface area contributed by atoms with Gasteiger partial charge in [0.1, 0.15) is 11.6 Å². The van der Waals surface area contributed by atoms with Gasteiger partial charge < -0.3 is 11.1 Å². The molecule has 0 spiro atoms. The highest BCUT2D eigenvalue weighted by molar-refractivity contribution is 7.85. The van der Waals surface area contributed by atoms with Gasteiger partial charge in [-0.2, -0.15) is 0 Å². The fourth-order valence-corrected chi connectivity index (χ4v) is 2.62. The normalized spacial score (nSPS) is 12.4. The van der Waals surface area contributed by atoms with E-state index in [0.717, 1.165) is 0 Å². The monoisotopic (exact) mass is 272 g/mol. The first-order chi connectivity index (χ1) is 8.38. The Labute approximate surface area is 108 Å². The summed E-state index contributed by atoms with van der Waals surface area (Å²) in [7, 11) is -1.18. The highest BCUT2D eigenvalue weighted by atomic mass is 32.2. The summed E-state index contributed by atoms with van der Waals surface area (Å²) in [6, 6.07) is 3.92. The van der Waals surface area contributed by atoms with Crippen LogP contribution in [-0.4, -0.2) is 21.6 Å². The van der Waals surface area contributed by atoms with Crippen LogP contribution < -0.4 is 11.1 Å². The number of nitrogens with one attached hydrogen (secondary N) is 1. The third-order valence-electron chi connectivity index (χ3n) is 2.09. The van der Waals surface area contributed by atoms with Crippen LogP contribution in [0.3, 0.4) is 0 Å². The zero-order valence-corrected chi connectivity index (χ0v) is 11.2. The number of carbonyl (C=O) groups is 1. The minimum absolute atomic E-state index is 0.0314. The summed E-state index contributed by atoms with van der Waals surface area (Å²) in [5, 5.41) is 2.54. The first kappa shape index (κ1) is 14.6. The predicted molar refractivity (Wildman–Crippen MR) is 72.2 cm³/mol. The Kier molecular flexibility index (Phi) is 5.27. The Morgan fingerprint density at radius 2 is 2.17 bits per heavy atom. The summed E-state index contributed by atoms with van der Waals surface area (Å²) in [5.74, 6) is -0.189. The van der Waals surface area contributed by atoms with E-state index in [-0.39, 0.29) is 23.3 Å². The minimum atomic E-state index is -1.18. The van der Waals surface area contributed by atoms with Crippen LogP contribution in [0, 0.1) is 11.7 Å². The molecule has 4 nitrogen and oxygen atoms in total. The second kappa shape index (κ2) is 6.49. The molecular formula is C12H17FN2O2S. The number of hydrogen-bond donors (Lipinski definition) is 2. The zero-order valence-electron chi connectivity index (χ0n) is 10.4. The van der Waals surface area contributed by atoms with Crippen LogP contribution in [0.5, 0.6) is 0 Å². The number of benzene rings is 1. The quantitative estimate of drug-likeness (QED) is 0.802. The van der Waals surface area contributed by atoms with Crippen LogP contribution in [0.4, 0.5) is 15.8 Å². The summed E-state index contributed by atoms with van der Waals surface area (Å²) in [6.07, 6.45) is 0. The van der Waals surface area contributed by atoms with E-state index in [4.69, 9.17) is 5.73 Å². The molecule has 1 aromatic rings. The van der Waals surface area contributed by atoms with E-state index in [9.17, 15) is 13.4 Å². The van der Waals surface area contributed by atoms with Crippen molar-refractivity contribution in [2.24, 2.45) is 5.92 Å². The van der Waals surface area contributed by atoms with Crippen molar-refractivity contribution >= 4 is 28.1 Å². The van der Waals surface area contributed by atoms with Crippen molar-refractivity contribution < 1.29 is 13.4 Å². The highest BCUT2D eigenvalue weighted by Crippen LogP contribution is 2.16. The molecule has 0 aliphatic heterocycles. The Morgan fingerprint density at radius 1 is 1.50 bits per heavy atom. The second-order valence-corrected chi connectivity index (χ2v) is 5.93. The van der Waals surface area contributed by atoms with Gasteiger partial charge in [-0.25, -0.2) is 4.39 Å². The van der Waals surface area contributed by atoms with E-state index in [1.807, 2.05) is 13.8 Å². The molecule has 0 saturated heterocycles. The maximum atomic E-state index is 12.9. The number of nitrogen functional groups attached to an aromatic ring is 1. The van der Waals surface area contributed by atoms with Crippen LogP contribution in [0.2, 0.25) is 0 Å². The number of carbonyl (C=O) groups excluding carboxylic acids is 1. The molecule has 0 aromatic heterocycles. The van der Waals surface area contributed by atoms with Crippen LogP contribution in [0.15, 0.2) is 18.2 Å². The van der Waals surface area contributed by atoms with Crippen molar-refractivity contribution in [1.29, 1.82) is 0 Å². The molecule has 0 aliphatic carbocycles. The Balaban J connectivity index is 2.54. The molecular weight excluding hydrogens is 255 g/mol. The molecule has 0 bridgehead atoms. The van der Waals surface area contributed by atoms with E-state index in [1.165, 1.54) is 18.2 Å². The molecule has 1 rings (SSSR count). The lowest BCUT2D eigenvalue weighted by atomic mass is 10.2. The first-order valence-corrected chi connectivity index (χ1v) is 7.07. The summed E-state index contributed by atoms with van der Waals surface area (Å²) in [4.78, 5) is 11.6. The number of nitrogens with two attached hydrogens (primary N) is 1. The Morgan fingerprint density at radius 3 is 2.72 bits per heavy atom. The maximum absolute atomic E-state index is 12.9. The molecule has 18 heavy (non-hydrogen) atoms. The summed E-state index contributed by atoms with van der Waals surface area (Å²) < 4.78 is 24.4. The van der Waals surface area contributed by atoms with Gasteiger partial charge in [0, 0.05) is 22.2 Å². The fraction of sp³-hybridized carbons (Fsp3) is 0.417. The average molecular weight is 272 g/mol. The number of rotatable bonds is 5. The Hall–Kier alpha value is -1.43. The van der Waals surface area contributed by atoms with Gasteiger partial charge in [-0.3, -0.25) is 9.00 Å². The van der Waals surface area contributed by atoms with E-state index < -0.39 is 16.6 Å². The molecule has 6 heteroatoms. The zero-order chi connectivity index (χ0) is 13.7. The van der Waals surface area contributed by atoms with Gasteiger partial charge in [-0.05, 0) is 24.1 Å². The molecule has 1 aromatic carbocycles. The minimum Gasteiger partial charge on any atom is -0.396 e. The molecule has 0 aliphatic rings. The van der Waals surface area contributed by atoms with Crippen LogP contribution in [-0.2, 0) is 15.6 Å². The molecule has 0 saturated carbocycles. The summed E-state index contributed by atoms with van der Waals surface area (Å²) in [6.45, 7) is 3.88. The average Bonchev–Trinajstić information content (AvgIpc) is 2.21. The van der Waals surface area contributed by atoms with Crippen molar-refractivity contribution in [3.05, 3.63) is 24.0 Å². The molecule has 100 valence electrons. The van der Waals surface area contributed by atoms with E-state index in [2.05, 4.69) is 5.32 Å². The van der Waals surface area contributed by atoms with Gasteiger partial charge in [-0.1, -0.05) is 13.8 Å². The molecule has 0 heterocycles. The highest BCUT2D eigenvalue weighted by Gasteiger charge is 2.10. The third kappa shape index (κ3) is 4.83. The number of hydrogen-bond acceptors (Lipinski definition) is 3. The van der Waals surface area contributed by atoms with E-state index >= 15 is 0 Å². The first-order valence-electron chi connectivity index (χ1n) is 5.58. The van der Waals surface area contributed by atoms with Crippen molar-refractivity contribution in [3.63, 3.8) is 0 Å². The van der Waals surface area contributed by atoms with Gasteiger partial charge in [0.2, 0.25) is 5.91 Å². The summed E-state index contributed by atoms with van der Waals surface area (Å²) >= 11 is 0. The van der Waals surface area contributed by atoms with Crippen molar-refractivity contribution in [2.75, 3.05) is 22.6 Å². The molecule has 3 N–H and O–H groups in total. The molecule has 1 amide bonds.